The van der Waals surface area contributed by atoms with Crippen molar-refractivity contribution in [3.8, 4) is 0 Å². The Kier molecular flexibility index (Phi) is 5.80. The number of carboxylic acids is 1. The molecule has 2 fully saturated rings. The Hall–Kier alpha value is -2.48. The van der Waals surface area contributed by atoms with Gasteiger partial charge in [0.2, 0.25) is 5.91 Å². The molecule has 29 heavy (non-hydrogen) atoms. The molecule has 2 saturated heterocycles. The van der Waals surface area contributed by atoms with Gasteiger partial charge in [-0.1, -0.05) is 0 Å². The first kappa shape index (κ1) is 19.8. The van der Waals surface area contributed by atoms with Gasteiger partial charge in [0.1, 0.15) is 11.6 Å². The third-order valence-electron chi connectivity index (χ3n) is 6.16. The molecule has 2 aliphatic heterocycles. The van der Waals surface area contributed by atoms with Gasteiger partial charge in [0.25, 0.3) is 0 Å². The van der Waals surface area contributed by atoms with E-state index in [9.17, 15) is 19.1 Å². The highest BCUT2D eigenvalue weighted by Gasteiger charge is 2.35. The van der Waals surface area contributed by atoms with Crippen LogP contribution in [-0.4, -0.2) is 58.2 Å². The Morgan fingerprint density at radius 3 is 2.79 bits per heavy atom. The van der Waals surface area contributed by atoms with Crippen molar-refractivity contribution in [3.63, 3.8) is 0 Å². The molecule has 156 valence electrons. The molecule has 0 aliphatic carbocycles. The fourth-order valence-corrected chi connectivity index (χ4v) is 4.59. The van der Waals surface area contributed by atoms with Crippen LogP contribution in [0.2, 0.25) is 0 Å². The number of halogens is 1. The van der Waals surface area contributed by atoms with Gasteiger partial charge < -0.3 is 19.7 Å². The lowest BCUT2D eigenvalue weighted by Gasteiger charge is -2.40. The number of ether oxygens (including phenoxy) is 1. The second-order valence-corrected chi connectivity index (χ2v) is 8.13. The van der Waals surface area contributed by atoms with Crippen LogP contribution in [0.5, 0.6) is 0 Å². The second-order valence-electron chi connectivity index (χ2n) is 8.13. The molecule has 0 saturated carbocycles. The van der Waals surface area contributed by atoms with E-state index in [-0.39, 0.29) is 35.9 Å². The highest BCUT2D eigenvalue weighted by Crippen LogP contribution is 2.31. The molecule has 0 spiro atoms. The van der Waals surface area contributed by atoms with E-state index in [1.165, 1.54) is 12.1 Å². The standard InChI is InChI=1S/C21H26FN3O4/c22-16-1-2-17-18(11-16)24-19(23-17)9-15-12-25(6-3-14(15)10-20(26)27)21(28)13-4-7-29-8-5-13/h1-2,11,13-15H,3-10,12H2,(H,23,24)(H,26,27)/t14-,15-/m0/s1. The number of nitrogens with one attached hydrogen (secondary N) is 1. The molecular weight excluding hydrogens is 377 g/mol. The predicted octanol–water partition coefficient (Wildman–Crippen LogP) is 2.61. The van der Waals surface area contributed by atoms with Crippen molar-refractivity contribution < 1.29 is 23.8 Å². The quantitative estimate of drug-likeness (QED) is 0.800. The highest BCUT2D eigenvalue weighted by atomic mass is 19.1. The molecule has 3 heterocycles. The Balaban J connectivity index is 1.50. The minimum Gasteiger partial charge on any atom is -0.481 e. The summed E-state index contributed by atoms with van der Waals surface area (Å²) in [6.45, 7) is 2.35. The van der Waals surface area contributed by atoms with Crippen LogP contribution in [-0.2, 0) is 20.7 Å². The number of hydrogen-bond donors (Lipinski definition) is 2. The Morgan fingerprint density at radius 1 is 1.24 bits per heavy atom. The van der Waals surface area contributed by atoms with Gasteiger partial charge in [0, 0.05) is 45.1 Å². The fourth-order valence-electron chi connectivity index (χ4n) is 4.59. The van der Waals surface area contributed by atoms with Crippen molar-refractivity contribution in [2.24, 2.45) is 17.8 Å². The van der Waals surface area contributed by atoms with Crippen LogP contribution in [0.25, 0.3) is 11.0 Å². The van der Waals surface area contributed by atoms with Crippen LogP contribution in [0, 0.1) is 23.6 Å². The van der Waals surface area contributed by atoms with Crippen LogP contribution >= 0.6 is 0 Å². The SMILES string of the molecule is O=C(O)C[C@@H]1CCN(C(=O)C2CCOCC2)C[C@@H]1Cc1nc2ccc(F)cc2[nH]1. The average molecular weight is 403 g/mol. The zero-order valence-corrected chi connectivity index (χ0v) is 16.3. The molecule has 1 aromatic carbocycles. The van der Waals surface area contributed by atoms with E-state index in [2.05, 4.69) is 9.97 Å². The van der Waals surface area contributed by atoms with Gasteiger partial charge in [0.05, 0.1) is 11.0 Å². The molecule has 2 aliphatic rings. The maximum atomic E-state index is 13.5. The zero-order valence-electron chi connectivity index (χ0n) is 16.3. The summed E-state index contributed by atoms with van der Waals surface area (Å²) in [6.07, 6.45) is 2.77. The predicted molar refractivity (Wildman–Crippen MR) is 104 cm³/mol. The van der Waals surface area contributed by atoms with Gasteiger partial charge >= 0.3 is 5.97 Å². The third-order valence-corrected chi connectivity index (χ3v) is 6.16. The number of aromatic nitrogens is 2. The minimum absolute atomic E-state index is 0.00500. The number of aromatic amines is 1. The zero-order chi connectivity index (χ0) is 20.4. The molecule has 1 aromatic heterocycles. The number of aliphatic carboxylic acids is 1. The Morgan fingerprint density at radius 2 is 2.03 bits per heavy atom. The first-order chi connectivity index (χ1) is 14.0. The van der Waals surface area contributed by atoms with Crippen LogP contribution in [0.3, 0.4) is 0 Å². The van der Waals surface area contributed by atoms with Gasteiger partial charge in [-0.2, -0.15) is 0 Å². The van der Waals surface area contributed by atoms with Gasteiger partial charge in [-0.15, -0.1) is 0 Å². The largest absolute Gasteiger partial charge is 0.481 e. The average Bonchev–Trinajstić information content (AvgIpc) is 3.10. The number of carbonyl (C=O) groups is 2. The molecule has 2 N–H and O–H groups in total. The Labute approximate surface area is 168 Å². The van der Waals surface area contributed by atoms with Gasteiger partial charge in [0.15, 0.2) is 0 Å². The molecular formula is C21H26FN3O4. The number of H-pyrrole nitrogens is 1. The number of fused-ring (bicyclic) bond motifs is 1. The number of hydrogen-bond acceptors (Lipinski definition) is 4. The Bertz CT molecular complexity index is 893. The normalized spacial score (nSPS) is 23.4. The van der Waals surface area contributed by atoms with Crippen LogP contribution in [0.15, 0.2) is 18.2 Å². The molecule has 2 aromatic rings. The van der Waals surface area contributed by atoms with E-state index in [0.717, 1.165) is 12.8 Å². The molecule has 7 nitrogen and oxygen atoms in total. The van der Waals surface area contributed by atoms with E-state index in [0.29, 0.717) is 56.0 Å². The summed E-state index contributed by atoms with van der Waals surface area (Å²) in [5.74, 6) is -0.330. The summed E-state index contributed by atoms with van der Waals surface area (Å²) >= 11 is 0. The van der Waals surface area contributed by atoms with Crippen LogP contribution in [0.4, 0.5) is 4.39 Å². The topological polar surface area (TPSA) is 95.5 Å². The summed E-state index contributed by atoms with van der Waals surface area (Å²) in [6, 6.07) is 4.40. The van der Waals surface area contributed by atoms with Crippen molar-refractivity contribution in [2.75, 3.05) is 26.3 Å². The van der Waals surface area contributed by atoms with E-state index in [1.807, 2.05) is 4.90 Å². The number of carboxylic acid groups (broad SMARTS) is 1. The fraction of sp³-hybridized carbons (Fsp3) is 0.571. The summed E-state index contributed by atoms with van der Waals surface area (Å²) < 4.78 is 18.8. The maximum absolute atomic E-state index is 13.5. The van der Waals surface area contributed by atoms with E-state index in [1.54, 1.807) is 6.07 Å². The van der Waals surface area contributed by atoms with E-state index < -0.39 is 5.97 Å². The number of benzene rings is 1. The molecule has 4 rings (SSSR count). The van der Waals surface area contributed by atoms with Gasteiger partial charge in [-0.3, -0.25) is 9.59 Å². The van der Waals surface area contributed by atoms with E-state index in [4.69, 9.17) is 4.74 Å². The number of carbonyl (C=O) groups excluding carboxylic acids is 1. The lowest BCUT2D eigenvalue weighted by atomic mass is 9.80. The summed E-state index contributed by atoms with van der Waals surface area (Å²) in [5.41, 5.74) is 1.31. The summed E-state index contributed by atoms with van der Waals surface area (Å²) in [5, 5.41) is 9.31. The number of nitrogens with zero attached hydrogens (tertiary/aromatic N) is 2. The summed E-state index contributed by atoms with van der Waals surface area (Å²) in [7, 11) is 0. The lowest BCUT2D eigenvalue weighted by Crippen LogP contribution is -2.48. The maximum Gasteiger partial charge on any atom is 0.303 e. The van der Waals surface area contributed by atoms with Crippen molar-refractivity contribution in [1.29, 1.82) is 0 Å². The first-order valence-corrected chi connectivity index (χ1v) is 10.2. The van der Waals surface area contributed by atoms with Gasteiger partial charge in [-0.05, 0) is 49.3 Å². The monoisotopic (exact) mass is 403 g/mol. The molecule has 0 unspecified atom stereocenters. The third kappa shape index (κ3) is 4.58. The summed E-state index contributed by atoms with van der Waals surface area (Å²) in [4.78, 5) is 33.9. The number of likely N-dealkylation sites (tertiary alicyclic amines) is 1. The highest BCUT2D eigenvalue weighted by molar-refractivity contribution is 5.79. The van der Waals surface area contributed by atoms with Crippen molar-refractivity contribution in [2.45, 2.75) is 32.1 Å². The number of piperidine rings is 1. The van der Waals surface area contributed by atoms with Crippen molar-refractivity contribution in [3.05, 3.63) is 29.8 Å². The molecule has 0 radical (unpaired) electrons. The minimum atomic E-state index is -0.823. The second kappa shape index (κ2) is 8.49. The lowest BCUT2D eigenvalue weighted by molar-refractivity contribution is -0.142. The number of rotatable bonds is 5. The molecule has 1 amide bonds. The van der Waals surface area contributed by atoms with Crippen LogP contribution < -0.4 is 0 Å². The molecule has 8 heteroatoms. The number of imidazole rings is 1. The molecule has 2 atom stereocenters. The smallest absolute Gasteiger partial charge is 0.303 e. The van der Waals surface area contributed by atoms with Crippen molar-refractivity contribution >= 4 is 22.9 Å². The first-order valence-electron chi connectivity index (χ1n) is 10.2. The molecule has 0 bridgehead atoms. The van der Waals surface area contributed by atoms with Crippen LogP contribution in [0.1, 0.15) is 31.5 Å². The van der Waals surface area contributed by atoms with E-state index >= 15 is 0 Å². The van der Waals surface area contributed by atoms with Crippen molar-refractivity contribution in [1.82, 2.24) is 14.9 Å². The number of amides is 1. The van der Waals surface area contributed by atoms with Gasteiger partial charge in [-0.25, -0.2) is 9.37 Å².